The van der Waals surface area contributed by atoms with Gasteiger partial charge in [0.15, 0.2) is 0 Å². The van der Waals surface area contributed by atoms with Crippen LogP contribution in [-0.2, 0) is 22.9 Å². The maximum atomic E-state index is 12.0. The SMILES string of the molecule is C[C@H](CN)NS(=O)(=O)c1ccc2c(c1)CCC2.Cl. The molecule has 0 aliphatic heterocycles. The van der Waals surface area contributed by atoms with Crippen LogP contribution in [0.25, 0.3) is 0 Å². The molecule has 1 atom stereocenters. The van der Waals surface area contributed by atoms with E-state index in [0.29, 0.717) is 11.4 Å². The van der Waals surface area contributed by atoms with Gasteiger partial charge in [-0.05, 0) is 49.4 Å². The molecule has 4 nitrogen and oxygen atoms in total. The molecule has 0 radical (unpaired) electrons. The second-order valence-corrected chi connectivity index (χ2v) is 6.26. The van der Waals surface area contributed by atoms with Crippen molar-refractivity contribution >= 4 is 22.4 Å². The number of rotatable bonds is 4. The van der Waals surface area contributed by atoms with Gasteiger partial charge in [0.25, 0.3) is 0 Å². The Balaban J connectivity index is 0.00000162. The van der Waals surface area contributed by atoms with Gasteiger partial charge in [-0.1, -0.05) is 6.07 Å². The van der Waals surface area contributed by atoms with E-state index in [4.69, 9.17) is 5.73 Å². The van der Waals surface area contributed by atoms with E-state index < -0.39 is 10.0 Å². The molecule has 18 heavy (non-hydrogen) atoms. The molecule has 0 saturated carbocycles. The highest BCUT2D eigenvalue weighted by Gasteiger charge is 2.19. The van der Waals surface area contributed by atoms with Gasteiger partial charge in [0.1, 0.15) is 0 Å². The summed E-state index contributed by atoms with van der Waals surface area (Å²) in [5.41, 5.74) is 7.85. The summed E-state index contributed by atoms with van der Waals surface area (Å²) in [6.07, 6.45) is 3.15. The first kappa shape index (κ1) is 15.4. The Morgan fingerprint density at radius 2 is 2.00 bits per heavy atom. The van der Waals surface area contributed by atoms with Crippen molar-refractivity contribution in [2.45, 2.75) is 37.1 Å². The summed E-state index contributed by atoms with van der Waals surface area (Å²) < 4.78 is 26.6. The summed E-state index contributed by atoms with van der Waals surface area (Å²) >= 11 is 0. The maximum Gasteiger partial charge on any atom is 0.240 e. The number of hydrogen-bond donors (Lipinski definition) is 2. The second-order valence-electron chi connectivity index (χ2n) is 4.54. The van der Waals surface area contributed by atoms with Gasteiger partial charge < -0.3 is 5.73 Å². The van der Waals surface area contributed by atoms with Gasteiger partial charge in [-0.3, -0.25) is 0 Å². The molecule has 0 bridgehead atoms. The molecule has 0 saturated heterocycles. The van der Waals surface area contributed by atoms with E-state index in [1.54, 1.807) is 19.1 Å². The predicted octanol–water partition coefficient (Wildman–Crippen LogP) is 1.22. The Morgan fingerprint density at radius 3 is 2.67 bits per heavy atom. The molecule has 0 unspecified atom stereocenters. The van der Waals surface area contributed by atoms with E-state index in [2.05, 4.69) is 4.72 Å². The molecule has 0 heterocycles. The standard InChI is InChI=1S/C12H18N2O2S.ClH/c1-9(8-13)14-17(15,16)12-6-5-10-3-2-4-11(10)7-12;/h5-7,9,14H,2-4,8,13H2,1H3;1H/t9-;/m1./s1. The molecule has 0 fully saturated rings. The normalized spacial score (nSPS) is 15.9. The monoisotopic (exact) mass is 290 g/mol. The van der Waals surface area contributed by atoms with Gasteiger partial charge in [0, 0.05) is 12.6 Å². The lowest BCUT2D eigenvalue weighted by Gasteiger charge is -2.12. The van der Waals surface area contributed by atoms with Gasteiger partial charge in [0.2, 0.25) is 10.0 Å². The molecule has 1 aromatic carbocycles. The van der Waals surface area contributed by atoms with Crippen molar-refractivity contribution in [3.05, 3.63) is 29.3 Å². The molecule has 2 rings (SSSR count). The zero-order valence-corrected chi connectivity index (χ0v) is 12.0. The van der Waals surface area contributed by atoms with Crippen LogP contribution in [0.4, 0.5) is 0 Å². The summed E-state index contributed by atoms with van der Waals surface area (Å²) in [6, 6.07) is 5.14. The van der Waals surface area contributed by atoms with Gasteiger partial charge in [0.05, 0.1) is 4.90 Å². The molecule has 1 aliphatic rings. The topological polar surface area (TPSA) is 72.2 Å². The number of aryl methyl sites for hydroxylation is 2. The fourth-order valence-corrected chi connectivity index (χ4v) is 3.40. The van der Waals surface area contributed by atoms with Gasteiger partial charge in [-0.15, -0.1) is 12.4 Å². The number of nitrogens with two attached hydrogens (primary N) is 1. The van der Waals surface area contributed by atoms with Crippen molar-refractivity contribution in [3.8, 4) is 0 Å². The first-order chi connectivity index (χ1) is 8.03. The predicted molar refractivity (Wildman–Crippen MR) is 74.6 cm³/mol. The van der Waals surface area contributed by atoms with Crippen molar-refractivity contribution < 1.29 is 8.42 Å². The van der Waals surface area contributed by atoms with Gasteiger partial charge >= 0.3 is 0 Å². The molecule has 1 aliphatic carbocycles. The number of sulfonamides is 1. The minimum atomic E-state index is -3.42. The van der Waals surface area contributed by atoms with Crippen molar-refractivity contribution in [1.29, 1.82) is 0 Å². The third-order valence-corrected chi connectivity index (χ3v) is 4.68. The molecule has 102 valence electrons. The first-order valence-electron chi connectivity index (χ1n) is 5.87. The maximum absolute atomic E-state index is 12.0. The van der Waals surface area contributed by atoms with Crippen LogP contribution in [0.1, 0.15) is 24.5 Å². The van der Waals surface area contributed by atoms with E-state index in [-0.39, 0.29) is 18.4 Å². The van der Waals surface area contributed by atoms with E-state index >= 15 is 0 Å². The largest absolute Gasteiger partial charge is 0.329 e. The van der Waals surface area contributed by atoms with Crippen LogP contribution in [-0.4, -0.2) is 21.0 Å². The van der Waals surface area contributed by atoms with E-state index in [1.165, 1.54) is 5.56 Å². The summed E-state index contributed by atoms with van der Waals surface area (Å²) in [5.74, 6) is 0. The van der Waals surface area contributed by atoms with Crippen LogP contribution in [0.5, 0.6) is 0 Å². The average Bonchev–Trinajstić information content (AvgIpc) is 2.75. The second kappa shape index (κ2) is 6.02. The van der Waals surface area contributed by atoms with Crippen molar-refractivity contribution in [3.63, 3.8) is 0 Å². The van der Waals surface area contributed by atoms with E-state index in [1.807, 2.05) is 6.07 Å². The van der Waals surface area contributed by atoms with Crippen molar-refractivity contribution in [2.75, 3.05) is 6.54 Å². The lowest BCUT2D eigenvalue weighted by atomic mass is 10.1. The number of hydrogen-bond acceptors (Lipinski definition) is 3. The van der Waals surface area contributed by atoms with Crippen molar-refractivity contribution in [1.82, 2.24) is 4.72 Å². The molecule has 6 heteroatoms. The highest BCUT2D eigenvalue weighted by molar-refractivity contribution is 7.89. The zero-order chi connectivity index (χ0) is 12.5. The number of nitrogens with one attached hydrogen (secondary N) is 1. The van der Waals surface area contributed by atoms with Crippen LogP contribution in [0.15, 0.2) is 23.1 Å². The smallest absolute Gasteiger partial charge is 0.240 e. The van der Waals surface area contributed by atoms with Crippen LogP contribution in [0, 0.1) is 0 Å². The Hall–Kier alpha value is -0.620. The molecule has 0 aromatic heterocycles. The molecule has 0 amide bonds. The third kappa shape index (κ3) is 3.23. The Morgan fingerprint density at radius 1 is 1.33 bits per heavy atom. The zero-order valence-electron chi connectivity index (χ0n) is 10.3. The van der Waals surface area contributed by atoms with Crippen LogP contribution < -0.4 is 10.5 Å². The number of fused-ring (bicyclic) bond motifs is 1. The minimum absolute atomic E-state index is 0. The number of halogens is 1. The lowest BCUT2D eigenvalue weighted by Crippen LogP contribution is -2.37. The molecule has 3 N–H and O–H groups in total. The molecular formula is C12H19ClN2O2S. The van der Waals surface area contributed by atoms with E-state index in [9.17, 15) is 8.42 Å². The van der Waals surface area contributed by atoms with E-state index in [0.717, 1.165) is 24.8 Å². The molecular weight excluding hydrogens is 272 g/mol. The van der Waals surface area contributed by atoms with Crippen LogP contribution >= 0.6 is 12.4 Å². The Labute approximate surface area is 114 Å². The fourth-order valence-electron chi connectivity index (χ4n) is 2.10. The summed E-state index contributed by atoms with van der Waals surface area (Å²) in [7, 11) is -3.42. The Kier molecular flexibility index (Phi) is 5.16. The van der Waals surface area contributed by atoms with Crippen LogP contribution in [0.2, 0.25) is 0 Å². The van der Waals surface area contributed by atoms with Crippen LogP contribution in [0.3, 0.4) is 0 Å². The van der Waals surface area contributed by atoms with Gasteiger partial charge in [-0.25, -0.2) is 13.1 Å². The highest BCUT2D eigenvalue weighted by atomic mass is 35.5. The van der Waals surface area contributed by atoms with Gasteiger partial charge in [-0.2, -0.15) is 0 Å². The molecule has 1 aromatic rings. The number of benzene rings is 1. The first-order valence-corrected chi connectivity index (χ1v) is 7.35. The average molecular weight is 291 g/mol. The molecule has 0 spiro atoms. The van der Waals surface area contributed by atoms with Crippen molar-refractivity contribution in [2.24, 2.45) is 5.73 Å². The highest BCUT2D eigenvalue weighted by Crippen LogP contribution is 2.24. The lowest BCUT2D eigenvalue weighted by molar-refractivity contribution is 0.562. The Bertz CT molecular complexity index is 517. The summed E-state index contributed by atoms with van der Waals surface area (Å²) in [6.45, 7) is 2.05. The fraction of sp³-hybridized carbons (Fsp3) is 0.500. The quantitative estimate of drug-likeness (QED) is 0.876. The summed E-state index contributed by atoms with van der Waals surface area (Å²) in [4.78, 5) is 0.346. The third-order valence-electron chi connectivity index (χ3n) is 3.09. The summed E-state index contributed by atoms with van der Waals surface area (Å²) in [5, 5.41) is 0. The minimum Gasteiger partial charge on any atom is -0.329 e.